The standard InChI is InChI=1S/C16H24N2O3S/c1-12(2)14-4-6-16(7-5-14)22(20,21)17-15-8-10-18(11-9-15)13(3)19/h4-7,12,15,17H,8-11H2,1-3H3. The molecule has 0 bridgehead atoms. The first-order chi connectivity index (χ1) is 10.3. The highest BCUT2D eigenvalue weighted by molar-refractivity contribution is 7.89. The van der Waals surface area contributed by atoms with Gasteiger partial charge in [0.2, 0.25) is 15.9 Å². The zero-order valence-corrected chi connectivity index (χ0v) is 14.2. The molecule has 1 aliphatic heterocycles. The van der Waals surface area contributed by atoms with Crippen LogP contribution in [0.3, 0.4) is 0 Å². The highest BCUT2D eigenvalue weighted by Crippen LogP contribution is 2.19. The monoisotopic (exact) mass is 324 g/mol. The minimum Gasteiger partial charge on any atom is -0.343 e. The topological polar surface area (TPSA) is 66.5 Å². The van der Waals surface area contributed by atoms with Crippen molar-refractivity contribution < 1.29 is 13.2 Å². The molecule has 0 aromatic heterocycles. The van der Waals surface area contributed by atoms with Crippen LogP contribution in [-0.2, 0) is 14.8 Å². The molecular formula is C16H24N2O3S. The van der Waals surface area contributed by atoms with E-state index in [0.717, 1.165) is 5.56 Å². The van der Waals surface area contributed by atoms with Crippen LogP contribution in [-0.4, -0.2) is 38.4 Å². The fraction of sp³-hybridized carbons (Fsp3) is 0.562. The van der Waals surface area contributed by atoms with E-state index in [1.54, 1.807) is 24.0 Å². The van der Waals surface area contributed by atoms with Crippen molar-refractivity contribution in [2.45, 2.75) is 50.5 Å². The molecule has 5 nitrogen and oxygen atoms in total. The molecule has 1 aliphatic rings. The summed E-state index contributed by atoms with van der Waals surface area (Å²) >= 11 is 0. The molecule has 2 rings (SSSR count). The Labute approximate surface area is 132 Å². The molecule has 0 radical (unpaired) electrons. The maximum atomic E-state index is 12.4. The van der Waals surface area contributed by atoms with Crippen molar-refractivity contribution in [3.63, 3.8) is 0 Å². The zero-order chi connectivity index (χ0) is 16.3. The number of benzene rings is 1. The van der Waals surface area contributed by atoms with E-state index in [0.29, 0.717) is 36.7 Å². The Morgan fingerprint density at radius 2 is 1.73 bits per heavy atom. The number of piperidine rings is 1. The van der Waals surface area contributed by atoms with Gasteiger partial charge in [0.1, 0.15) is 0 Å². The molecule has 122 valence electrons. The molecule has 1 fully saturated rings. The molecule has 22 heavy (non-hydrogen) atoms. The molecule has 1 amide bonds. The fourth-order valence-electron chi connectivity index (χ4n) is 2.63. The summed E-state index contributed by atoms with van der Waals surface area (Å²) in [4.78, 5) is 13.3. The van der Waals surface area contributed by atoms with Crippen molar-refractivity contribution in [1.82, 2.24) is 9.62 Å². The van der Waals surface area contributed by atoms with Gasteiger partial charge in [0, 0.05) is 26.1 Å². The van der Waals surface area contributed by atoms with Crippen molar-refractivity contribution in [3.8, 4) is 0 Å². The van der Waals surface area contributed by atoms with Gasteiger partial charge in [0.05, 0.1) is 4.90 Å². The Morgan fingerprint density at radius 3 is 2.18 bits per heavy atom. The van der Waals surface area contributed by atoms with Crippen LogP contribution in [0.25, 0.3) is 0 Å². The van der Waals surface area contributed by atoms with Gasteiger partial charge in [0.25, 0.3) is 0 Å². The Bertz CT molecular complexity index is 615. The van der Waals surface area contributed by atoms with Gasteiger partial charge in [-0.1, -0.05) is 26.0 Å². The molecule has 0 unspecified atom stereocenters. The summed E-state index contributed by atoms with van der Waals surface area (Å²) in [6.07, 6.45) is 1.31. The normalized spacial score (nSPS) is 17.0. The molecule has 1 aromatic rings. The third-order valence-corrected chi connectivity index (χ3v) is 5.66. The number of rotatable bonds is 4. The Kier molecular flexibility index (Phi) is 5.24. The van der Waals surface area contributed by atoms with Crippen molar-refractivity contribution in [3.05, 3.63) is 29.8 Å². The second-order valence-corrected chi connectivity index (χ2v) is 7.84. The number of amides is 1. The highest BCUT2D eigenvalue weighted by atomic mass is 32.2. The first kappa shape index (κ1) is 17.0. The second kappa shape index (κ2) is 6.79. The Morgan fingerprint density at radius 1 is 1.18 bits per heavy atom. The van der Waals surface area contributed by atoms with E-state index in [-0.39, 0.29) is 11.9 Å². The van der Waals surface area contributed by atoms with Crippen LogP contribution in [0.2, 0.25) is 0 Å². The summed E-state index contributed by atoms with van der Waals surface area (Å²) in [6.45, 7) is 6.90. The van der Waals surface area contributed by atoms with E-state index in [4.69, 9.17) is 0 Å². The van der Waals surface area contributed by atoms with Gasteiger partial charge < -0.3 is 4.90 Å². The second-order valence-electron chi connectivity index (χ2n) is 6.13. The number of hydrogen-bond donors (Lipinski definition) is 1. The van der Waals surface area contributed by atoms with E-state index in [1.165, 1.54) is 0 Å². The van der Waals surface area contributed by atoms with Crippen molar-refractivity contribution in [2.24, 2.45) is 0 Å². The first-order valence-corrected chi connectivity index (χ1v) is 9.15. The third-order valence-electron chi connectivity index (χ3n) is 4.12. The number of nitrogens with zero attached hydrogens (tertiary/aromatic N) is 1. The molecular weight excluding hydrogens is 300 g/mol. The molecule has 1 aromatic carbocycles. The average molecular weight is 324 g/mol. The molecule has 1 saturated heterocycles. The lowest BCUT2D eigenvalue weighted by Crippen LogP contribution is -2.45. The van der Waals surface area contributed by atoms with Crippen molar-refractivity contribution in [2.75, 3.05) is 13.1 Å². The number of carbonyl (C=O) groups is 1. The maximum absolute atomic E-state index is 12.4. The summed E-state index contributed by atoms with van der Waals surface area (Å²) in [5.74, 6) is 0.422. The summed E-state index contributed by atoms with van der Waals surface area (Å²) in [5, 5.41) is 0. The number of carbonyl (C=O) groups excluding carboxylic acids is 1. The minimum absolute atomic E-state index is 0.0468. The number of hydrogen-bond acceptors (Lipinski definition) is 3. The van der Waals surface area contributed by atoms with E-state index < -0.39 is 10.0 Å². The lowest BCUT2D eigenvalue weighted by molar-refractivity contribution is -0.129. The smallest absolute Gasteiger partial charge is 0.240 e. The van der Waals surface area contributed by atoms with Crippen LogP contribution < -0.4 is 4.72 Å². The molecule has 0 saturated carbocycles. The summed E-state index contributed by atoms with van der Waals surface area (Å²) in [7, 11) is -3.49. The highest BCUT2D eigenvalue weighted by Gasteiger charge is 2.25. The van der Waals surface area contributed by atoms with Crippen LogP contribution in [0.4, 0.5) is 0 Å². The SMILES string of the molecule is CC(=O)N1CCC(NS(=O)(=O)c2ccc(C(C)C)cc2)CC1. The fourth-order valence-corrected chi connectivity index (χ4v) is 3.94. The predicted molar refractivity (Wildman–Crippen MR) is 86.1 cm³/mol. The molecule has 0 aliphatic carbocycles. The van der Waals surface area contributed by atoms with Crippen LogP contribution in [0, 0.1) is 0 Å². The van der Waals surface area contributed by atoms with Crippen molar-refractivity contribution >= 4 is 15.9 Å². The Hall–Kier alpha value is -1.40. The van der Waals surface area contributed by atoms with E-state index in [9.17, 15) is 13.2 Å². The van der Waals surface area contributed by atoms with Gasteiger partial charge in [-0.05, 0) is 36.5 Å². The average Bonchev–Trinajstić information content (AvgIpc) is 2.47. The van der Waals surface area contributed by atoms with Crippen LogP contribution in [0.5, 0.6) is 0 Å². The van der Waals surface area contributed by atoms with Gasteiger partial charge in [-0.25, -0.2) is 13.1 Å². The summed E-state index contributed by atoms with van der Waals surface area (Å²) in [6, 6.07) is 6.92. The first-order valence-electron chi connectivity index (χ1n) is 7.67. The van der Waals surface area contributed by atoms with Gasteiger partial charge in [-0.3, -0.25) is 4.79 Å². The van der Waals surface area contributed by atoms with Gasteiger partial charge >= 0.3 is 0 Å². The van der Waals surface area contributed by atoms with Gasteiger partial charge in [-0.15, -0.1) is 0 Å². The van der Waals surface area contributed by atoms with Crippen LogP contribution >= 0.6 is 0 Å². The lowest BCUT2D eigenvalue weighted by atomic mass is 10.0. The molecule has 6 heteroatoms. The van der Waals surface area contributed by atoms with Gasteiger partial charge in [0.15, 0.2) is 0 Å². The minimum atomic E-state index is -3.49. The van der Waals surface area contributed by atoms with Crippen LogP contribution in [0.15, 0.2) is 29.2 Å². The van der Waals surface area contributed by atoms with Crippen molar-refractivity contribution in [1.29, 1.82) is 0 Å². The Balaban J connectivity index is 2.01. The summed E-state index contributed by atoms with van der Waals surface area (Å²) < 4.78 is 27.6. The van der Waals surface area contributed by atoms with E-state index >= 15 is 0 Å². The van der Waals surface area contributed by atoms with E-state index in [2.05, 4.69) is 18.6 Å². The lowest BCUT2D eigenvalue weighted by Gasteiger charge is -2.31. The number of likely N-dealkylation sites (tertiary alicyclic amines) is 1. The third kappa shape index (κ3) is 4.08. The maximum Gasteiger partial charge on any atom is 0.240 e. The predicted octanol–water partition coefficient (Wildman–Crippen LogP) is 2.10. The number of nitrogens with one attached hydrogen (secondary N) is 1. The quantitative estimate of drug-likeness (QED) is 0.922. The zero-order valence-electron chi connectivity index (χ0n) is 13.4. The van der Waals surface area contributed by atoms with Gasteiger partial charge in [-0.2, -0.15) is 0 Å². The molecule has 1 N–H and O–H groups in total. The molecule has 0 spiro atoms. The van der Waals surface area contributed by atoms with E-state index in [1.807, 2.05) is 12.1 Å². The molecule has 1 heterocycles. The van der Waals surface area contributed by atoms with Crippen LogP contribution in [0.1, 0.15) is 45.1 Å². The molecule has 0 atom stereocenters. The summed E-state index contributed by atoms with van der Waals surface area (Å²) in [5.41, 5.74) is 1.12. The largest absolute Gasteiger partial charge is 0.343 e. The number of sulfonamides is 1.